The van der Waals surface area contributed by atoms with Crippen LogP contribution in [-0.2, 0) is 0 Å². The second kappa shape index (κ2) is 3.82. The van der Waals surface area contributed by atoms with E-state index in [0.29, 0.717) is 5.54 Å². The van der Waals surface area contributed by atoms with Crippen LogP contribution in [0.3, 0.4) is 0 Å². The SMILES string of the molecule is CC1CN(C2(CN)CCCC2)CC1C. The van der Waals surface area contributed by atoms with Crippen molar-refractivity contribution in [2.24, 2.45) is 17.6 Å². The van der Waals surface area contributed by atoms with Crippen molar-refractivity contribution in [3.63, 3.8) is 0 Å². The Kier molecular flexibility index (Phi) is 2.85. The van der Waals surface area contributed by atoms with Crippen molar-refractivity contribution in [1.82, 2.24) is 4.90 Å². The Morgan fingerprint density at radius 2 is 1.64 bits per heavy atom. The molecule has 0 amide bonds. The Bertz CT molecular complexity index is 186. The first kappa shape index (κ1) is 10.4. The first-order chi connectivity index (χ1) is 6.68. The zero-order valence-corrected chi connectivity index (χ0v) is 9.63. The maximum atomic E-state index is 6.00. The maximum Gasteiger partial charge on any atom is 0.0331 e. The molecule has 0 aromatic rings. The lowest BCUT2D eigenvalue weighted by molar-refractivity contribution is 0.123. The molecule has 1 aliphatic heterocycles. The molecule has 1 aliphatic carbocycles. The van der Waals surface area contributed by atoms with Gasteiger partial charge in [0.15, 0.2) is 0 Å². The van der Waals surface area contributed by atoms with Gasteiger partial charge in [-0.2, -0.15) is 0 Å². The van der Waals surface area contributed by atoms with Crippen LogP contribution in [0.15, 0.2) is 0 Å². The molecule has 2 nitrogen and oxygen atoms in total. The molecule has 1 saturated carbocycles. The van der Waals surface area contributed by atoms with Gasteiger partial charge in [0.1, 0.15) is 0 Å². The molecule has 0 bridgehead atoms. The normalized spacial score (nSPS) is 37.9. The molecule has 82 valence electrons. The fourth-order valence-corrected chi connectivity index (χ4v) is 3.20. The zero-order valence-electron chi connectivity index (χ0n) is 9.63. The summed E-state index contributed by atoms with van der Waals surface area (Å²) < 4.78 is 0. The van der Waals surface area contributed by atoms with Crippen LogP contribution in [0.5, 0.6) is 0 Å². The lowest BCUT2D eigenvalue weighted by Gasteiger charge is -2.38. The van der Waals surface area contributed by atoms with E-state index >= 15 is 0 Å². The average Bonchev–Trinajstić information content (AvgIpc) is 2.75. The third kappa shape index (κ3) is 1.59. The van der Waals surface area contributed by atoms with E-state index in [9.17, 15) is 0 Å². The van der Waals surface area contributed by atoms with E-state index in [1.807, 2.05) is 0 Å². The van der Waals surface area contributed by atoms with Crippen molar-refractivity contribution in [2.45, 2.75) is 45.1 Å². The summed E-state index contributed by atoms with van der Waals surface area (Å²) in [6, 6.07) is 0. The van der Waals surface area contributed by atoms with Gasteiger partial charge in [-0.05, 0) is 24.7 Å². The minimum Gasteiger partial charge on any atom is -0.329 e. The van der Waals surface area contributed by atoms with E-state index in [1.165, 1.54) is 38.8 Å². The van der Waals surface area contributed by atoms with Crippen LogP contribution in [0.2, 0.25) is 0 Å². The third-order valence-electron chi connectivity index (χ3n) is 4.57. The minimum absolute atomic E-state index is 0.388. The molecule has 2 heteroatoms. The molecule has 2 N–H and O–H groups in total. The van der Waals surface area contributed by atoms with Gasteiger partial charge < -0.3 is 5.73 Å². The van der Waals surface area contributed by atoms with E-state index in [1.54, 1.807) is 0 Å². The summed E-state index contributed by atoms with van der Waals surface area (Å²) in [4.78, 5) is 2.69. The summed E-state index contributed by atoms with van der Waals surface area (Å²) in [7, 11) is 0. The van der Waals surface area contributed by atoms with E-state index in [2.05, 4.69) is 18.7 Å². The molecular formula is C12H24N2. The molecule has 2 atom stereocenters. The largest absolute Gasteiger partial charge is 0.329 e. The lowest BCUT2D eigenvalue weighted by Crippen LogP contribution is -2.51. The minimum atomic E-state index is 0.388. The summed E-state index contributed by atoms with van der Waals surface area (Å²) in [5.74, 6) is 1.72. The van der Waals surface area contributed by atoms with E-state index in [0.717, 1.165) is 18.4 Å². The van der Waals surface area contributed by atoms with Crippen LogP contribution < -0.4 is 5.73 Å². The first-order valence-electron chi connectivity index (χ1n) is 6.13. The summed E-state index contributed by atoms with van der Waals surface area (Å²) in [5.41, 5.74) is 6.39. The summed E-state index contributed by atoms with van der Waals surface area (Å²) in [5, 5.41) is 0. The molecule has 1 saturated heterocycles. The Hall–Kier alpha value is -0.0800. The van der Waals surface area contributed by atoms with Crippen LogP contribution in [-0.4, -0.2) is 30.1 Å². The predicted molar refractivity (Wildman–Crippen MR) is 60.2 cm³/mol. The van der Waals surface area contributed by atoms with Crippen molar-refractivity contribution in [3.05, 3.63) is 0 Å². The topological polar surface area (TPSA) is 29.3 Å². The van der Waals surface area contributed by atoms with Crippen LogP contribution in [0, 0.1) is 11.8 Å². The molecule has 0 spiro atoms. The highest BCUT2D eigenvalue weighted by Gasteiger charge is 2.42. The number of hydrogen-bond acceptors (Lipinski definition) is 2. The highest BCUT2D eigenvalue weighted by atomic mass is 15.2. The van der Waals surface area contributed by atoms with Gasteiger partial charge in [0.25, 0.3) is 0 Å². The van der Waals surface area contributed by atoms with E-state index < -0.39 is 0 Å². The fourth-order valence-electron chi connectivity index (χ4n) is 3.20. The fraction of sp³-hybridized carbons (Fsp3) is 1.00. The van der Waals surface area contributed by atoms with Crippen molar-refractivity contribution >= 4 is 0 Å². The molecule has 2 rings (SSSR count). The van der Waals surface area contributed by atoms with Gasteiger partial charge in [0.05, 0.1) is 0 Å². The van der Waals surface area contributed by atoms with Gasteiger partial charge >= 0.3 is 0 Å². The zero-order chi connectivity index (χ0) is 10.2. The summed E-state index contributed by atoms with van der Waals surface area (Å²) in [6.07, 6.45) is 5.44. The van der Waals surface area contributed by atoms with Gasteiger partial charge in [-0.15, -0.1) is 0 Å². The summed E-state index contributed by atoms with van der Waals surface area (Å²) >= 11 is 0. The molecule has 2 fully saturated rings. The molecule has 0 aromatic heterocycles. The van der Waals surface area contributed by atoms with Crippen molar-refractivity contribution < 1.29 is 0 Å². The second-order valence-electron chi connectivity index (χ2n) is 5.50. The van der Waals surface area contributed by atoms with Crippen molar-refractivity contribution in [1.29, 1.82) is 0 Å². The standard InChI is InChI=1S/C12H24N2/c1-10-7-14(8-11(10)2)12(9-13)5-3-4-6-12/h10-11H,3-9,13H2,1-2H3. The Labute approximate surface area is 87.8 Å². The Balaban J connectivity index is 2.06. The molecule has 14 heavy (non-hydrogen) atoms. The van der Waals surface area contributed by atoms with Gasteiger partial charge in [-0.25, -0.2) is 0 Å². The first-order valence-corrected chi connectivity index (χ1v) is 6.13. The van der Waals surface area contributed by atoms with Crippen molar-refractivity contribution in [2.75, 3.05) is 19.6 Å². The quantitative estimate of drug-likeness (QED) is 0.730. The van der Waals surface area contributed by atoms with Gasteiger partial charge in [0, 0.05) is 25.2 Å². The number of likely N-dealkylation sites (tertiary alicyclic amines) is 1. The van der Waals surface area contributed by atoms with E-state index in [-0.39, 0.29) is 0 Å². The average molecular weight is 196 g/mol. The third-order valence-corrected chi connectivity index (χ3v) is 4.57. The highest BCUT2D eigenvalue weighted by molar-refractivity contribution is 4.99. The monoisotopic (exact) mass is 196 g/mol. The molecule has 2 unspecified atom stereocenters. The lowest BCUT2D eigenvalue weighted by atomic mass is 9.95. The Morgan fingerprint density at radius 3 is 2.07 bits per heavy atom. The van der Waals surface area contributed by atoms with Gasteiger partial charge in [0.2, 0.25) is 0 Å². The number of hydrogen-bond donors (Lipinski definition) is 1. The smallest absolute Gasteiger partial charge is 0.0331 e. The summed E-state index contributed by atoms with van der Waals surface area (Å²) in [6.45, 7) is 8.18. The Morgan fingerprint density at radius 1 is 1.14 bits per heavy atom. The molecular weight excluding hydrogens is 172 g/mol. The van der Waals surface area contributed by atoms with Crippen molar-refractivity contribution in [3.8, 4) is 0 Å². The van der Waals surface area contributed by atoms with E-state index in [4.69, 9.17) is 5.73 Å². The van der Waals surface area contributed by atoms with Crippen LogP contribution in [0.25, 0.3) is 0 Å². The van der Waals surface area contributed by atoms with Gasteiger partial charge in [-0.1, -0.05) is 26.7 Å². The molecule has 0 radical (unpaired) electrons. The number of rotatable bonds is 2. The predicted octanol–water partition coefficient (Wildman–Crippen LogP) is 1.85. The highest BCUT2D eigenvalue weighted by Crippen LogP contribution is 2.38. The molecule has 2 aliphatic rings. The maximum absolute atomic E-state index is 6.00. The number of nitrogens with two attached hydrogens (primary N) is 1. The molecule has 0 aromatic carbocycles. The van der Waals surface area contributed by atoms with Crippen LogP contribution in [0.1, 0.15) is 39.5 Å². The second-order valence-corrected chi connectivity index (χ2v) is 5.50. The van der Waals surface area contributed by atoms with Crippen LogP contribution in [0.4, 0.5) is 0 Å². The molecule has 1 heterocycles. The van der Waals surface area contributed by atoms with Gasteiger partial charge in [-0.3, -0.25) is 4.90 Å². The van der Waals surface area contributed by atoms with Crippen LogP contribution >= 0.6 is 0 Å². The number of nitrogens with zero attached hydrogens (tertiary/aromatic N) is 1.